The van der Waals surface area contributed by atoms with Crippen molar-refractivity contribution in [3.63, 3.8) is 0 Å². The standard InChI is InChI=1S/C21H24N4OS2/c1-14-8-9-16-17(12-27-18(16)10-14)20-23-24-21(25(20)2)28-13-19(26)22-11-15-6-4-3-5-7-15/h3-7,12,14H,8-11,13H2,1-2H3,(H,22,26). The van der Waals surface area contributed by atoms with Gasteiger partial charge in [0.25, 0.3) is 0 Å². The quantitative estimate of drug-likeness (QED) is 0.620. The number of nitrogens with one attached hydrogen (secondary N) is 1. The van der Waals surface area contributed by atoms with Crippen molar-refractivity contribution in [1.82, 2.24) is 20.1 Å². The fourth-order valence-corrected chi connectivity index (χ4v) is 5.50. The van der Waals surface area contributed by atoms with Crippen LogP contribution in [-0.2, 0) is 31.2 Å². The van der Waals surface area contributed by atoms with E-state index in [1.165, 1.54) is 40.6 Å². The molecule has 28 heavy (non-hydrogen) atoms. The Balaban J connectivity index is 1.38. The van der Waals surface area contributed by atoms with E-state index in [4.69, 9.17) is 0 Å². The summed E-state index contributed by atoms with van der Waals surface area (Å²) in [5.74, 6) is 2.00. The molecule has 4 rings (SSSR count). The molecule has 0 aliphatic heterocycles. The van der Waals surface area contributed by atoms with E-state index in [0.29, 0.717) is 12.3 Å². The lowest BCUT2D eigenvalue weighted by molar-refractivity contribution is -0.118. The molecule has 0 radical (unpaired) electrons. The van der Waals surface area contributed by atoms with Crippen molar-refractivity contribution in [2.24, 2.45) is 13.0 Å². The topological polar surface area (TPSA) is 59.8 Å². The van der Waals surface area contributed by atoms with Crippen LogP contribution in [0.15, 0.2) is 40.9 Å². The maximum Gasteiger partial charge on any atom is 0.230 e. The van der Waals surface area contributed by atoms with Crippen molar-refractivity contribution in [3.05, 3.63) is 51.7 Å². The van der Waals surface area contributed by atoms with E-state index in [1.54, 1.807) is 0 Å². The zero-order chi connectivity index (χ0) is 19.5. The van der Waals surface area contributed by atoms with Crippen LogP contribution in [0.25, 0.3) is 11.4 Å². The molecule has 146 valence electrons. The Labute approximate surface area is 173 Å². The van der Waals surface area contributed by atoms with Gasteiger partial charge >= 0.3 is 0 Å². The molecule has 1 N–H and O–H groups in total. The van der Waals surface area contributed by atoms with Crippen molar-refractivity contribution in [3.8, 4) is 11.4 Å². The van der Waals surface area contributed by atoms with Gasteiger partial charge in [-0.05, 0) is 36.3 Å². The molecule has 1 unspecified atom stereocenters. The van der Waals surface area contributed by atoms with Gasteiger partial charge in [0.1, 0.15) is 0 Å². The van der Waals surface area contributed by atoms with Crippen molar-refractivity contribution < 1.29 is 4.79 Å². The first-order chi connectivity index (χ1) is 13.6. The fraction of sp³-hybridized carbons (Fsp3) is 0.381. The second-order valence-electron chi connectivity index (χ2n) is 7.32. The summed E-state index contributed by atoms with van der Waals surface area (Å²) in [5, 5.41) is 14.7. The third-order valence-electron chi connectivity index (χ3n) is 5.14. The van der Waals surface area contributed by atoms with Crippen LogP contribution in [0.4, 0.5) is 0 Å². The Morgan fingerprint density at radius 2 is 2.14 bits per heavy atom. The summed E-state index contributed by atoms with van der Waals surface area (Å²) < 4.78 is 2.01. The predicted molar refractivity (Wildman–Crippen MR) is 115 cm³/mol. The number of amides is 1. The lowest BCUT2D eigenvalue weighted by Gasteiger charge is -2.18. The van der Waals surface area contributed by atoms with Crippen LogP contribution in [0.2, 0.25) is 0 Å². The summed E-state index contributed by atoms with van der Waals surface area (Å²) in [6, 6.07) is 9.93. The van der Waals surface area contributed by atoms with Gasteiger partial charge in [-0.25, -0.2) is 0 Å². The normalized spacial score (nSPS) is 16.0. The van der Waals surface area contributed by atoms with Crippen molar-refractivity contribution >= 4 is 29.0 Å². The van der Waals surface area contributed by atoms with Gasteiger partial charge in [0.15, 0.2) is 11.0 Å². The molecule has 1 aromatic carbocycles. The van der Waals surface area contributed by atoms with Gasteiger partial charge < -0.3 is 9.88 Å². The van der Waals surface area contributed by atoms with E-state index in [2.05, 4.69) is 27.8 Å². The van der Waals surface area contributed by atoms with Gasteiger partial charge in [0.2, 0.25) is 5.91 Å². The highest BCUT2D eigenvalue weighted by molar-refractivity contribution is 7.99. The molecule has 2 aromatic heterocycles. The number of carbonyl (C=O) groups excluding carboxylic acids is 1. The Morgan fingerprint density at radius 1 is 1.32 bits per heavy atom. The van der Waals surface area contributed by atoms with Crippen LogP contribution in [0.3, 0.4) is 0 Å². The molecule has 2 heterocycles. The molecule has 3 aromatic rings. The smallest absolute Gasteiger partial charge is 0.230 e. The summed E-state index contributed by atoms with van der Waals surface area (Å²) in [6.45, 7) is 2.87. The Hall–Kier alpha value is -2.12. The number of fused-ring (bicyclic) bond motifs is 1. The van der Waals surface area contributed by atoms with Crippen LogP contribution < -0.4 is 5.32 Å². The van der Waals surface area contributed by atoms with Gasteiger partial charge in [-0.15, -0.1) is 21.5 Å². The molecular formula is C21H24N4OS2. The highest BCUT2D eigenvalue weighted by Gasteiger charge is 2.23. The molecule has 0 saturated carbocycles. The Bertz CT molecular complexity index is 964. The third kappa shape index (κ3) is 4.15. The minimum absolute atomic E-state index is 0.000281. The zero-order valence-electron chi connectivity index (χ0n) is 16.1. The summed E-state index contributed by atoms with van der Waals surface area (Å²) in [5.41, 5.74) is 3.75. The van der Waals surface area contributed by atoms with Gasteiger partial charge in [-0.1, -0.05) is 49.0 Å². The number of hydrogen-bond donors (Lipinski definition) is 1. The van der Waals surface area contributed by atoms with Gasteiger partial charge in [-0.2, -0.15) is 0 Å². The van der Waals surface area contributed by atoms with Crippen LogP contribution >= 0.6 is 23.1 Å². The van der Waals surface area contributed by atoms with Crippen molar-refractivity contribution in [2.45, 2.75) is 37.9 Å². The average molecular weight is 413 g/mol. The molecule has 1 atom stereocenters. The average Bonchev–Trinajstić information content (AvgIpc) is 3.28. The zero-order valence-corrected chi connectivity index (χ0v) is 17.8. The summed E-state index contributed by atoms with van der Waals surface area (Å²) in [4.78, 5) is 13.7. The van der Waals surface area contributed by atoms with Gasteiger partial charge in [0, 0.05) is 29.4 Å². The maximum atomic E-state index is 12.2. The van der Waals surface area contributed by atoms with E-state index in [-0.39, 0.29) is 5.91 Å². The Kier molecular flexibility index (Phi) is 5.82. The van der Waals surface area contributed by atoms with Crippen molar-refractivity contribution in [1.29, 1.82) is 0 Å². The minimum atomic E-state index is 0.000281. The molecule has 1 aliphatic carbocycles. The monoisotopic (exact) mass is 412 g/mol. The molecule has 1 aliphatic rings. The highest BCUT2D eigenvalue weighted by atomic mass is 32.2. The van der Waals surface area contributed by atoms with E-state index < -0.39 is 0 Å². The number of thiophene rings is 1. The number of rotatable bonds is 6. The van der Waals surface area contributed by atoms with E-state index in [1.807, 2.05) is 53.3 Å². The molecule has 0 bridgehead atoms. The summed E-state index contributed by atoms with van der Waals surface area (Å²) in [6.07, 6.45) is 3.52. The highest BCUT2D eigenvalue weighted by Crippen LogP contribution is 2.37. The second kappa shape index (κ2) is 8.49. The first-order valence-electron chi connectivity index (χ1n) is 9.54. The molecule has 1 amide bonds. The number of benzene rings is 1. The molecular weight excluding hydrogens is 388 g/mol. The van der Waals surface area contributed by atoms with E-state index in [9.17, 15) is 4.79 Å². The van der Waals surface area contributed by atoms with E-state index in [0.717, 1.165) is 28.9 Å². The van der Waals surface area contributed by atoms with Gasteiger partial charge in [0.05, 0.1) is 5.75 Å². The minimum Gasteiger partial charge on any atom is -0.351 e. The van der Waals surface area contributed by atoms with Crippen LogP contribution in [0.1, 0.15) is 29.3 Å². The lowest BCUT2D eigenvalue weighted by atomic mass is 9.88. The van der Waals surface area contributed by atoms with Crippen LogP contribution in [-0.4, -0.2) is 26.4 Å². The number of hydrogen-bond acceptors (Lipinski definition) is 5. The number of thioether (sulfide) groups is 1. The largest absolute Gasteiger partial charge is 0.351 e. The Morgan fingerprint density at radius 3 is 2.96 bits per heavy atom. The maximum absolute atomic E-state index is 12.2. The molecule has 7 heteroatoms. The van der Waals surface area contributed by atoms with Crippen LogP contribution in [0.5, 0.6) is 0 Å². The summed E-state index contributed by atoms with van der Waals surface area (Å²) >= 11 is 3.27. The predicted octanol–water partition coefficient (Wildman–Crippen LogP) is 4.08. The fourth-order valence-electron chi connectivity index (χ4n) is 3.52. The number of carbonyl (C=O) groups is 1. The molecule has 0 spiro atoms. The van der Waals surface area contributed by atoms with E-state index >= 15 is 0 Å². The molecule has 0 fully saturated rings. The molecule has 5 nitrogen and oxygen atoms in total. The second-order valence-corrected chi connectivity index (χ2v) is 9.22. The first kappa shape index (κ1) is 19.2. The van der Waals surface area contributed by atoms with Crippen LogP contribution in [0, 0.1) is 5.92 Å². The summed E-state index contributed by atoms with van der Waals surface area (Å²) in [7, 11) is 1.98. The number of aromatic nitrogens is 3. The SMILES string of the molecule is CC1CCc2c(-c3nnc(SCC(=O)NCc4ccccc4)n3C)csc2C1. The molecule has 0 saturated heterocycles. The lowest BCUT2D eigenvalue weighted by Crippen LogP contribution is -2.24. The third-order valence-corrected chi connectivity index (χ3v) is 7.21. The van der Waals surface area contributed by atoms with Crippen molar-refractivity contribution in [2.75, 3.05) is 5.75 Å². The first-order valence-corrected chi connectivity index (χ1v) is 11.4. The number of nitrogens with zero attached hydrogens (tertiary/aromatic N) is 3. The van der Waals surface area contributed by atoms with Gasteiger partial charge in [-0.3, -0.25) is 4.79 Å².